The van der Waals surface area contributed by atoms with Gasteiger partial charge in [-0.05, 0) is 31.2 Å². The molecular weight excluding hydrogens is 207 g/mol. The third kappa shape index (κ3) is 5.30. The number of hydrogen-bond acceptors (Lipinski definition) is 1. The molecule has 0 unspecified atom stereocenters. The third-order valence-electron chi connectivity index (χ3n) is 2.86. The number of rotatable bonds is 6. The van der Waals surface area contributed by atoms with Gasteiger partial charge in [-0.2, -0.15) is 0 Å². The standard InChI is InChI=1S/C15H25BO/c1-12(2)10-16(11-13(3)4)17-15-9-7-6-8-14(15)5/h6-9,12-13H,10-11H2,1-5H3. The second-order valence-electron chi connectivity index (χ2n) is 5.76. The van der Waals surface area contributed by atoms with E-state index in [0.29, 0.717) is 18.8 Å². The Labute approximate surface area is 107 Å². The average molecular weight is 232 g/mol. The van der Waals surface area contributed by atoms with E-state index in [0.717, 1.165) is 18.4 Å². The number of hydrogen-bond donors (Lipinski definition) is 0. The van der Waals surface area contributed by atoms with Crippen LogP contribution in [0, 0.1) is 18.8 Å². The molecule has 1 aromatic rings. The van der Waals surface area contributed by atoms with Crippen LogP contribution in [-0.4, -0.2) is 6.92 Å². The summed E-state index contributed by atoms with van der Waals surface area (Å²) >= 11 is 0. The minimum absolute atomic E-state index is 0.344. The lowest BCUT2D eigenvalue weighted by molar-refractivity contribution is 0.523. The van der Waals surface area contributed by atoms with Crippen LogP contribution in [0.5, 0.6) is 5.75 Å². The molecule has 0 saturated carbocycles. The van der Waals surface area contributed by atoms with Crippen molar-refractivity contribution >= 4 is 6.92 Å². The van der Waals surface area contributed by atoms with Gasteiger partial charge in [0.1, 0.15) is 5.75 Å². The van der Waals surface area contributed by atoms with Crippen LogP contribution in [0.4, 0.5) is 0 Å². The van der Waals surface area contributed by atoms with Gasteiger partial charge in [0, 0.05) is 0 Å². The first-order chi connectivity index (χ1) is 7.99. The minimum Gasteiger partial charge on any atom is -0.561 e. The van der Waals surface area contributed by atoms with E-state index >= 15 is 0 Å². The Hall–Kier alpha value is -0.915. The molecule has 1 rings (SSSR count). The summed E-state index contributed by atoms with van der Waals surface area (Å²) < 4.78 is 6.17. The first kappa shape index (κ1) is 14.1. The topological polar surface area (TPSA) is 9.23 Å². The maximum Gasteiger partial charge on any atom is 0.358 e. The monoisotopic (exact) mass is 232 g/mol. The number of aryl methyl sites for hydroxylation is 1. The van der Waals surface area contributed by atoms with E-state index in [-0.39, 0.29) is 0 Å². The fourth-order valence-corrected chi connectivity index (χ4v) is 2.11. The highest BCUT2D eigenvalue weighted by molar-refractivity contribution is 6.52. The first-order valence-electron chi connectivity index (χ1n) is 6.71. The highest BCUT2D eigenvalue weighted by Crippen LogP contribution is 2.22. The van der Waals surface area contributed by atoms with Crippen LogP contribution in [0.1, 0.15) is 33.3 Å². The smallest absolute Gasteiger partial charge is 0.358 e. The van der Waals surface area contributed by atoms with Crippen molar-refractivity contribution in [2.45, 2.75) is 47.3 Å². The maximum atomic E-state index is 6.17. The normalized spacial score (nSPS) is 11.0. The molecule has 0 N–H and O–H groups in total. The van der Waals surface area contributed by atoms with E-state index in [1.165, 1.54) is 5.56 Å². The summed E-state index contributed by atoms with van der Waals surface area (Å²) in [7, 11) is 0. The van der Waals surface area contributed by atoms with E-state index in [1.54, 1.807) is 0 Å². The molecule has 0 aliphatic heterocycles. The molecule has 1 aromatic carbocycles. The van der Waals surface area contributed by atoms with Gasteiger partial charge >= 0.3 is 6.92 Å². The Balaban J connectivity index is 2.68. The zero-order valence-electron chi connectivity index (χ0n) is 11.9. The predicted octanol–water partition coefficient (Wildman–Crippen LogP) is 4.68. The van der Waals surface area contributed by atoms with Crippen molar-refractivity contribution in [1.29, 1.82) is 0 Å². The summed E-state index contributed by atoms with van der Waals surface area (Å²) in [5.74, 6) is 2.41. The molecule has 1 nitrogen and oxygen atoms in total. The second kappa shape index (κ2) is 6.73. The third-order valence-corrected chi connectivity index (χ3v) is 2.86. The van der Waals surface area contributed by atoms with Gasteiger partial charge in [-0.15, -0.1) is 0 Å². The molecule has 0 aliphatic carbocycles. The average Bonchev–Trinajstić information content (AvgIpc) is 2.19. The van der Waals surface area contributed by atoms with Gasteiger partial charge in [0.2, 0.25) is 0 Å². The van der Waals surface area contributed by atoms with Crippen molar-refractivity contribution in [3.8, 4) is 5.75 Å². The highest BCUT2D eigenvalue weighted by atomic mass is 16.4. The van der Waals surface area contributed by atoms with E-state index in [4.69, 9.17) is 4.65 Å². The van der Waals surface area contributed by atoms with Crippen molar-refractivity contribution < 1.29 is 4.65 Å². The Morgan fingerprint density at radius 1 is 1.00 bits per heavy atom. The molecule has 0 bridgehead atoms. The number of benzene rings is 1. The van der Waals surface area contributed by atoms with E-state index < -0.39 is 0 Å². The van der Waals surface area contributed by atoms with E-state index in [2.05, 4.69) is 52.8 Å². The van der Waals surface area contributed by atoms with Gasteiger partial charge in [-0.3, -0.25) is 0 Å². The Morgan fingerprint density at radius 2 is 1.53 bits per heavy atom. The van der Waals surface area contributed by atoms with Gasteiger partial charge in [0.15, 0.2) is 0 Å². The molecule has 0 heterocycles. The van der Waals surface area contributed by atoms with Gasteiger partial charge in [0.05, 0.1) is 0 Å². The molecule has 2 heteroatoms. The number of para-hydroxylation sites is 1. The summed E-state index contributed by atoms with van der Waals surface area (Å²) in [5.41, 5.74) is 1.23. The summed E-state index contributed by atoms with van der Waals surface area (Å²) in [4.78, 5) is 0. The van der Waals surface area contributed by atoms with Gasteiger partial charge in [-0.1, -0.05) is 57.7 Å². The van der Waals surface area contributed by atoms with Gasteiger partial charge < -0.3 is 4.65 Å². The van der Waals surface area contributed by atoms with Crippen LogP contribution < -0.4 is 4.65 Å². The first-order valence-corrected chi connectivity index (χ1v) is 6.71. The van der Waals surface area contributed by atoms with Crippen molar-refractivity contribution in [3.05, 3.63) is 29.8 Å². The SMILES string of the molecule is Cc1ccccc1OB(CC(C)C)CC(C)C. The zero-order chi connectivity index (χ0) is 12.8. The molecule has 0 radical (unpaired) electrons. The maximum absolute atomic E-state index is 6.17. The zero-order valence-corrected chi connectivity index (χ0v) is 11.9. The molecule has 0 aliphatic rings. The van der Waals surface area contributed by atoms with Crippen LogP contribution >= 0.6 is 0 Å². The molecular formula is C15H25BO. The lowest BCUT2D eigenvalue weighted by Crippen LogP contribution is -2.25. The Morgan fingerprint density at radius 3 is 2.00 bits per heavy atom. The Kier molecular flexibility index (Phi) is 5.60. The highest BCUT2D eigenvalue weighted by Gasteiger charge is 2.21. The minimum atomic E-state index is 0.344. The summed E-state index contributed by atoms with van der Waals surface area (Å²) in [6.45, 7) is 11.5. The fraction of sp³-hybridized carbons (Fsp3) is 0.600. The summed E-state index contributed by atoms with van der Waals surface area (Å²) in [6.07, 6.45) is 2.26. The van der Waals surface area contributed by atoms with E-state index in [9.17, 15) is 0 Å². The van der Waals surface area contributed by atoms with Crippen LogP contribution in [-0.2, 0) is 0 Å². The molecule has 17 heavy (non-hydrogen) atoms. The van der Waals surface area contributed by atoms with Crippen LogP contribution in [0.3, 0.4) is 0 Å². The molecule has 0 amide bonds. The lowest BCUT2D eigenvalue weighted by atomic mass is 9.56. The largest absolute Gasteiger partial charge is 0.561 e. The van der Waals surface area contributed by atoms with Crippen molar-refractivity contribution in [3.63, 3.8) is 0 Å². The Bertz CT molecular complexity index is 323. The van der Waals surface area contributed by atoms with E-state index in [1.807, 2.05) is 6.07 Å². The second-order valence-corrected chi connectivity index (χ2v) is 5.76. The van der Waals surface area contributed by atoms with Crippen LogP contribution in [0.25, 0.3) is 0 Å². The lowest BCUT2D eigenvalue weighted by Gasteiger charge is -2.20. The summed E-state index contributed by atoms with van der Waals surface area (Å²) in [5, 5.41) is 0. The van der Waals surface area contributed by atoms with Crippen molar-refractivity contribution in [2.24, 2.45) is 11.8 Å². The molecule has 0 aromatic heterocycles. The molecule has 0 atom stereocenters. The van der Waals surface area contributed by atoms with Crippen molar-refractivity contribution in [1.82, 2.24) is 0 Å². The molecule has 0 fully saturated rings. The molecule has 0 saturated heterocycles. The quantitative estimate of drug-likeness (QED) is 0.647. The fourth-order valence-electron chi connectivity index (χ4n) is 2.11. The predicted molar refractivity (Wildman–Crippen MR) is 76.9 cm³/mol. The van der Waals surface area contributed by atoms with Gasteiger partial charge in [-0.25, -0.2) is 0 Å². The van der Waals surface area contributed by atoms with Crippen LogP contribution in [0.2, 0.25) is 12.6 Å². The molecule has 94 valence electrons. The van der Waals surface area contributed by atoms with Gasteiger partial charge in [0.25, 0.3) is 0 Å². The molecule has 0 spiro atoms. The van der Waals surface area contributed by atoms with Crippen LogP contribution in [0.15, 0.2) is 24.3 Å². The van der Waals surface area contributed by atoms with Crippen molar-refractivity contribution in [2.75, 3.05) is 0 Å². The summed E-state index contributed by atoms with van der Waals surface area (Å²) in [6, 6.07) is 8.28.